The summed E-state index contributed by atoms with van der Waals surface area (Å²) < 4.78 is 1.77. The summed E-state index contributed by atoms with van der Waals surface area (Å²) in [4.78, 5) is 14.9. The summed E-state index contributed by atoms with van der Waals surface area (Å²) >= 11 is 5.95. The normalized spacial score (nSPS) is 24.9. The predicted molar refractivity (Wildman–Crippen MR) is 104 cm³/mol. The fraction of sp³-hybridized carbons (Fsp3) is 0.600. The zero-order valence-electron chi connectivity index (χ0n) is 15.9. The van der Waals surface area contributed by atoms with Crippen molar-refractivity contribution in [2.75, 3.05) is 13.1 Å². The molecular weight excluding hydrogens is 378 g/mol. The van der Waals surface area contributed by atoms with Gasteiger partial charge in [0.1, 0.15) is 6.33 Å². The van der Waals surface area contributed by atoms with E-state index in [1.165, 1.54) is 0 Å². The lowest BCUT2D eigenvalue weighted by Gasteiger charge is -2.40. The average Bonchev–Trinajstić information content (AvgIpc) is 3.22. The summed E-state index contributed by atoms with van der Waals surface area (Å²) in [6, 6.07) is 7.37. The van der Waals surface area contributed by atoms with Gasteiger partial charge in [0.2, 0.25) is 5.91 Å². The van der Waals surface area contributed by atoms with Crippen molar-refractivity contribution in [2.24, 2.45) is 11.8 Å². The molecule has 1 aliphatic heterocycles. The van der Waals surface area contributed by atoms with Crippen molar-refractivity contribution in [3.8, 4) is 0 Å². The molecule has 28 heavy (non-hydrogen) atoms. The van der Waals surface area contributed by atoms with Gasteiger partial charge in [0, 0.05) is 30.6 Å². The molecular formula is C20H26ClN5O2. The Morgan fingerprint density at radius 1 is 1.14 bits per heavy atom. The van der Waals surface area contributed by atoms with Crippen LogP contribution in [0.5, 0.6) is 0 Å². The molecule has 1 N–H and O–H groups in total. The van der Waals surface area contributed by atoms with Crippen molar-refractivity contribution in [2.45, 2.75) is 50.7 Å². The summed E-state index contributed by atoms with van der Waals surface area (Å²) in [5, 5.41) is 22.9. The van der Waals surface area contributed by atoms with Crippen molar-refractivity contribution >= 4 is 17.5 Å². The lowest BCUT2D eigenvalue weighted by atomic mass is 9.80. The molecule has 4 rings (SSSR count). The van der Waals surface area contributed by atoms with Gasteiger partial charge in [-0.05, 0) is 72.6 Å². The highest BCUT2D eigenvalue weighted by atomic mass is 35.5. The number of halogens is 1. The first kappa shape index (κ1) is 19.3. The fourth-order valence-electron chi connectivity index (χ4n) is 4.52. The molecule has 150 valence electrons. The summed E-state index contributed by atoms with van der Waals surface area (Å²) in [5.74, 6) is 0.884. The Hall–Kier alpha value is -1.99. The second-order valence-electron chi connectivity index (χ2n) is 8.11. The van der Waals surface area contributed by atoms with Crippen LogP contribution >= 0.6 is 11.6 Å². The van der Waals surface area contributed by atoms with Crippen LogP contribution in [0.2, 0.25) is 5.02 Å². The van der Waals surface area contributed by atoms with Gasteiger partial charge in [-0.3, -0.25) is 4.79 Å². The van der Waals surface area contributed by atoms with Gasteiger partial charge in [-0.2, -0.15) is 0 Å². The predicted octanol–water partition coefficient (Wildman–Crippen LogP) is 2.64. The number of rotatable bonds is 4. The van der Waals surface area contributed by atoms with Crippen molar-refractivity contribution in [3.05, 3.63) is 41.2 Å². The quantitative estimate of drug-likeness (QED) is 0.848. The van der Waals surface area contributed by atoms with Gasteiger partial charge in [0.05, 0.1) is 5.60 Å². The van der Waals surface area contributed by atoms with Gasteiger partial charge in [-0.15, -0.1) is 5.10 Å². The fourth-order valence-corrected chi connectivity index (χ4v) is 4.65. The van der Waals surface area contributed by atoms with Gasteiger partial charge in [-0.25, -0.2) is 4.68 Å². The average molecular weight is 404 g/mol. The Kier molecular flexibility index (Phi) is 5.64. The second kappa shape index (κ2) is 8.17. The number of nitrogens with zero attached hydrogens (tertiary/aromatic N) is 5. The van der Waals surface area contributed by atoms with Crippen LogP contribution in [0.4, 0.5) is 0 Å². The Bertz CT molecular complexity index is 779. The number of tetrazole rings is 1. The smallest absolute Gasteiger partial charge is 0.225 e. The van der Waals surface area contributed by atoms with E-state index in [9.17, 15) is 9.90 Å². The molecule has 0 radical (unpaired) electrons. The lowest BCUT2D eigenvalue weighted by molar-refractivity contribution is -0.141. The van der Waals surface area contributed by atoms with Crippen molar-refractivity contribution in [3.63, 3.8) is 0 Å². The van der Waals surface area contributed by atoms with E-state index >= 15 is 0 Å². The third-order valence-corrected chi connectivity index (χ3v) is 6.57. The molecule has 2 fully saturated rings. The monoisotopic (exact) mass is 403 g/mol. The number of likely N-dealkylation sites (tertiary alicyclic amines) is 1. The van der Waals surface area contributed by atoms with Gasteiger partial charge in [0.15, 0.2) is 0 Å². The molecule has 7 nitrogen and oxygen atoms in total. The minimum Gasteiger partial charge on any atom is -0.385 e. The van der Waals surface area contributed by atoms with E-state index in [4.69, 9.17) is 11.6 Å². The number of hydrogen-bond acceptors (Lipinski definition) is 5. The summed E-state index contributed by atoms with van der Waals surface area (Å²) in [7, 11) is 0. The van der Waals surface area contributed by atoms with Crippen LogP contribution in [-0.2, 0) is 16.9 Å². The largest absolute Gasteiger partial charge is 0.385 e. The van der Waals surface area contributed by atoms with E-state index in [1.54, 1.807) is 23.1 Å². The van der Waals surface area contributed by atoms with Crippen LogP contribution in [0.1, 0.15) is 44.1 Å². The van der Waals surface area contributed by atoms with E-state index in [0.29, 0.717) is 36.9 Å². The first-order valence-electron chi connectivity index (χ1n) is 10.0. The molecule has 1 saturated heterocycles. The summed E-state index contributed by atoms with van der Waals surface area (Å²) in [6.07, 6.45) is 6.67. The van der Waals surface area contributed by atoms with Crippen LogP contribution in [0.15, 0.2) is 30.6 Å². The Labute approximate surface area is 169 Å². The van der Waals surface area contributed by atoms with Crippen LogP contribution in [-0.4, -0.2) is 49.2 Å². The minimum atomic E-state index is -0.870. The molecule has 1 amide bonds. The highest BCUT2D eigenvalue weighted by Crippen LogP contribution is 2.36. The number of carbonyl (C=O) groups is 1. The molecule has 8 heteroatoms. The number of aromatic nitrogens is 4. The zero-order valence-corrected chi connectivity index (χ0v) is 16.6. The molecule has 1 aromatic heterocycles. The first-order chi connectivity index (χ1) is 13.5. The van der Waals surface area contributed by atoms with Gasteiger partial charge in [0.25, 0.3) is 0 Å². The molecule has 0 unspecified atom stereocenters. The minimum absolute atomic E-state index is 0.104. The molecule has 2 aliphatic rings. The topological polar surface area (TPSA) is 84.1 Å². The Balaban J connectivity index is 1.28. The highest BCUT2D eigenvalue weighted by Gasteiger charge is 2.37. The lowest BCUT2D eigenvalue weighted by Crippen LogP contribution is -2.47. The second-order valence-corrected chi connectivity index (χ2v) is 8.55. The summed E-state index contributed by atoms with van der Waals surface area (Å²) in [5.41, 5.74) is 0.0114. The SMILES string of the molecule is O=C(C1CCC(Cn2cnnn2)CC1)N1CCC(O)(c2ccc(Cl)cc2)CC1. The van der Waals surface area contributed by atoms with Gasteiger partial charge < -0.3 is 10.0 Å². The maximum absolute atomic E-state index is 13.0. The maximum atomic E-state index is 13.0. The molecule has 0 spiro atoms. The van der Waals surface area contributed by atoms with Gasteiger partial charge >= 0.3 is 0 Å². The molecule has 1 saturated carbocycles. The van der Waals surface area contributed by atoms with Crippen LogP contribution < -0.4 is 0 Å². The van der Waals surface area contributed by atoms with E-state index in [0.717, 1.165) is 37.8 Å². The van der Waals surface area contributed by atoms with Crippen LogP contribution in [0.3, 0.4) is 0 Å². The van der Waals surface area contributed by atoms with E-state index < -0.39 is 5.60 Å². The first-order valence-corrected chi connectivity index (χ1v) is 10.4. The molecule has 1 aliphatic carbocycles. The van der Waals surface area contributed by atoms with Gasteiger partial charge in [-0.1, -0.05) is 23.7 Å². The van der Waals surface area contributed by atoms with E-state index in [2.05, 4.69) is 15.5 Å². The summed E-state index contributed by atoms with van der Waals surface area (Å²) in [6.45, 7) is 2.02. The maximum Gasteiger partial charge on any atom is 0.225 e. The third-order valence-electron chi connectivity index (χ3n) is 6.32. The van der Waals surface area contributed by atoms with Crippen molar-refractivity contribution in [1.82, 2.24) is 25.1 Å². The Morgan fingerprint density at radius 2 is 1.82 bits per heavy atom. The van der Waals surface area contributed by atoms with Crippen LogP contribution in [0, 0.1) is 11.8 Å². The molecule has 1 aromatic carbocycles. The van der Waals surface area contributed by atoms with E-state index in [1.807, 2.05) is 17.0 Å². The molecule has 0 atom stereocenters. The number of carbonyl (C=O) groups excluding carboxylic acids is 1. The van der Waals surface area contributed by atoms with Crippen molar-refractivity contribution in [1.29, 1.82) is 0 Å². The number of amides is 1. The van der Waals surface area contributed by atoms with Crippen LogP contribution in [0.25, 0.3) is 0 Å². The number of piperidine rings is 1. The Morgan fingerprint density at radius 3 is 2.43 bits per heavy atom. The zero-order chi connectivity index (χ0) is 19.6. The number of aliphatic hydroxyl groups is 1. The standard InChI is InChI=1S/C20H26ClN5O2/c21-18-7-5-17(6-8-18)20(28)9-11-25(12-10-20)19(27)16-3-1-15(2-4-16)13-26-14-22-23-24-26/h5-8,14-16,28H,1-4,9-13H2. The molecule has 0 bridgehead atoms. The molecule has 2 aromatic rings. The third kappa shape index (κ3) is 4.20. The number of benzene rings is 1. The number of hydrogen-bond donors (Lipinski definition) is 1. The molecule has 2 heterocycles. The van der Waals surface area contributed by atoms with E-state index in [-0.39, 0.29) is 11.8 Å². The van der Waals surface area contributed by atoms with Crippen molar-refractivity contribution < 1.29 is 9.90 Å². The highest BCUT2D eigenvalue weighted by molar-refractivity contribution is 6.30.